The predicted octanol–water partition coefficient (Wildman–Crippen LogP) is 2.51. The molecular weight excluding hydrogens is 350 g/mol. The fraction of sp³-hybridized carbons (Fsp3) is 0.556. The molecule has 0 N–H and O–H groups in total. The molecule has 2 unspecified atom stereocenters. The summed E-state index contributed by atoms with van der Waals surface area (Å²) in [4.78, 5) is 33.9. The molecular formula is C18H23N5O2S. The van der Waals surface area contributed by atoms with Crippen LogP contribution in [0.15, 0.2) is 11.1 Å². The van der Waals surface area contributed by atoms with Crippen LogP contribution in [0.3, 0.4) is 0 Å². The Balaban J connectivity index is 1.75. The Morgan fingerprint density at radius 1 is 1.27 bits per heavy atom. The lowest BCUT2D eigenvalue weighted by Gasteiger charge is -2.39. The lowest BCUT2D eigenvalue weighted by Crippen LogP contribution is -2.49. The smallest absolute Gasteiger partial charge is 0.336 e. The Hall–Kier alpha value is -2.22. The van der Waals surface area contributed by atoms with E-state index in [0.717, 1.165) is 39.9 Å². The van der Waals surface area contributed by atoms with Crippen molar-refractivity contribution in [3.8, 4) is 0 Å². The van der Waals surface area contributed by atoms with E-state index in [4.69, 9.17) is 0 Å². The topological polar surface area (TPSA) is 72.5 Å². The number of likely N-dealkylation sites (tertiary alicyclic amines) is 1. The van der Waals surface area contributed by atoms with Crippen LogP contribution in [0.2, 0.25) is 0 Å². The standard InChI is InChI=1S/C18H23N5O2S/c1-10-6-5-7-11(2)23(10)14(24)8-22-18(25)21-9-19-17-15(16(21)20-22)12(3)13(4)26-17/h9-11H,5-8H2,1-4H3. The maximum Gasteiger partial charge on any atom is 0.352 e. The zero-order valence-corrected chi connectivity index (χ0v) is 16.3. The largest absolute Gasteiger partial charge is 0.352 e. The normalized spacial score (nSPS) is 21.0. The van der Waals surface area contributed by atoms with Crippen LogP contribution in [0.25, 0.3) is 15.9 Å². The van der Waals surface area contributed by atoms with Crippen molar-refractivity contribution in [2.45, 2.75) is 65.6 Å². The van der Waals surface area contributed by atoms with Gasteiger partial charge in [-0.1, -0.05) is 0 Å². The molecule has 0 spiro atoms. The number of aryl methyl sites for hydroxylation is 2. The van der Waals surface area contributed by atoms with Crippen molar-refractivity contribution in [1.29, 1.82) is 0 Å². The van der Waals surface area contributed by atoms with E-state index >= 15 is 0 Å². The molecule has 4 heterocycles. The van der Waals surface area contributed by atoms with Gasteiger partial charge in [0.1, 0.15) is 17.7 Å². The van der Waals surface area contributed by atoms with Crippen molar-refractivity contribution >= 4 is 33.1 Å². The molecule has 1 saturated heterocycles. The number of amides is 1. The van der Waals surface area contributed by atoms with Gasteiger partial charge in [0.15, 0.2) is 5.65 Å². The highest BCUT2D eigenvalue weighted by Crippen LogP contribution is 2.30. The molecule has 0 aromatic carbocycles. The molecule has 26 heavy (non-hydrogen) atoms. The van der Waals surface area contributed by atoms with Crippen molar-refractivity contribution in [2.75, 3.05) is 0 Å². The highest BCUT2D eigenvalue weighted by atomic mass is 32.1. The summed E-state index contributed by atoms with van der Waals surface area (Å²) in [5.74, 6) is -0.0439. The van der Waals surface area contributed by atoms with Crippen LogP contribution >= 0.6 is 11.3 Å². The number of nitrogens with zero attached hydrogens (tertiary/aromatic N) is 5. The fourth-order valence-electron chi connectivity index (χ4n) is 3.99. The summed E-state index contributed by atoms with van der Waals surface area (Å²) in [7, 11) is 0. The third-order valence-electron chi connectivity index (χ3n) is 5.52. The zero-order chi connectivity index (χ0) is 18.6. The molecule has 1 amide bonds. The summed E-state index contributed by atoms with van der Waals surface area (Å²) in [6.07, 6.45) is 4.67. The van der Waals surface area contributed by atoms with Crippen molar-refractivity contribution < 1.29 is 4.79 Å². The first-order valence-electron chi connectivity index (χ1n) is 9.03. The first-order chi connectivity index (χ1) is 12.4. The summed E-state index contributed by atoms with van der Waals surface area (Å²) in [6, 6.07) is 0.406. The molecule has 7 nitrogen and oxygen atoms in total. The van der Waals surface area contributed by atoms with E-state index in [1.807, 2.05) is 18.7 Å². The molecule has 0 bridgehead atoms. The van der Waals surface area contributed by atoms with Gasteiger partial charge in [0, 0.05) is 17.0 Å². The van der Waals surface area contributed by atoms with Gasteiger partial charge in [0.25, 0.3) is 0 Å². The van der Waals surface area contributed by atoms with Gasteiger partial charge in [0.2, 0.25) is 5.91 Å². The maximum absolute atomic E-state index is 12.9. The van der Waals surface area contributed by atoms with E-state index in [9.17, 15) is 9.59 Å². The highest BCUT2D eigenvalue weighted by Gasteiger charge is 2.29. The molecule has 2 atom stereocenters. The predicted molar refractivity (Wildman–Crippen MR) is 102 cm³/mol. The molecule has 1 aliphatic rings. The molecule has 1 fully saturated rings. The first kappa shape index (κ1) is 17.2. The number of thiophene rings is 1. The summed E-state index contributed by atoms with van der Waals surface area (Å²) in [5, 5.41) is 5.39. The molecule has 4 rings (SSSR count). The number of rotatable bonds is 2. The molecule has 0 saturated carbocycles. The van der Waals surface area contributed by atoms with Crippen LogP contribution in [-0.2, 0) is 11.3 Å². The molecule has 138 valence electrons. The van der Waals surface area contributed by atoms with Gasteiger partial charge < -0.3 is 4.90 Å². The summed E-state index contributed by atoms with van der Waals surface area (Å²) in [6.45, 7) is 8.17. The second kappa shape index (κ2) is 6.19. The highest BCUT2D eigenvalue weighted by molar-refractivity contribution is 7.18. The van der Waals surface area contributed by atoms with E-state index in [1.54, 1.807) is 11.3 Å². The van der Waals surface area contributed by atoms with E-state index in [-0.39, 0.29) is 30.2 Å². The van der Waals surface area contributed by atoms with Gasteiger partial charge in [0.05, 0.1) is 5.39 Å². The lowest BCUT2D eigenvalue weighted by molar-refractivity contribution is -0.138. The Kier molecular flexibility index (Phi) is 4.10. The number of carbonyl (C=O) groups is 1. The third-order valence-corrected chi connectivity index (χ3v) is 6.63. The summed E-state index contributed by atoms with van der Waals surface area (Å²) >= 11 is 1.59. The zero-order valence-electron chi connectivity index (χ0n) is 15.5. The Labute approximate surface area is 155 Å². The van der Waals surface area contributed by atoms with Crippen molar-refractivity contribution in [2.24, 2.45) is 0 Å². The minimum absolute atomic E-state index is 0.0289. The number of hydrogen-bond acceptors (Lipinski definition) is 5. The minimum Gasteiger partial charge on any atom is -0.336 e. The Morgan fingerprint density at radius 2 is 1.96 bits per heavy atom. The third kappa shape index (κ3) is 2.55. The van der Waals surface area contributed by atoms with E-state index in [0.29, 0.717) is 5.65 Å². The van der Waals surface area contributed by atoms with Gasteiger partial charge in [-0.05, 0) is 52.5 Å². The molecule has 1 aliphatic heterocycles. The first-order valence-corrected chi connectivity index (χ1v) is 9.85. The average molecular weight is 373 g/mol. The van der Waals surface area contributed by atoms with Crippen LogP contribution < -0.4 is 5.69 Å². The number of piperidine rings is 1. The van der Waals surface area contributed by atoms with Crippen LogP contribution in [0.4, 0.5) is 0 Å². The Bertz CT molecular complexity index is 1050. The quantitative estimate of drug-likeness (QED) is 0.692. The summed E-state index contributed by atoms with van der Waals surface area (Å²) < 4.78 is 2.72. The molecule has 3 aromatic heterocycles. The number of carbonyl (C=O) groups excluding carboxylic acids is 1. The minimum atomic E-state index is -0.316. The maximum atomic E-state index is 12.9. The number of aromatic nitrogens is 4. The van der Waals surface area contributed by atoms with Crippen LogP contribution in [-0.4, -0.2) is 42.1 Å². The van der Waals surface area contributed by atoms with Crippen molar-refractivity contribution in [3.63, 3.8) is 0 Å². The number of hydrogen-bond donors (Lipinski definition) is 0. The average Bonchev–Trinajstić information content (AvgIpc) is 3.05. The monoisotopic (exact) mass is 373 g/mol. The molecule has 8 heteroatoms. The van der Waals surface area contributed by atoms with E-state index in [2.05, 4.69) is 23.9 Å². The fourth-order valence-corrected chi connectivity index (χ4v) is 4.99. The van der Waals surface area contributed by atoms with Gasteiger partial charge in [-0.15, -0.1) is 16.4 Å². The van der Waals surface area contributed by atoms with Gasteiger partial charge in [-0.25, -0.2) is 18.9 Å². The molecule has 3 aromatic rings. The molecule has 0 radical (unpaired) electrons. The van der Waals surface area contributed by atoms with Crippen LogP contribution in [0, 0.1) is 13.8 Å². The lowest BCUT2D eigenvalue weighted by atomic mass is 9.97. The Morgan fingerprint density at radius 3 is 2.65 bits per heavy atom. The van der Waals surface area contributed by atoms with Crippen molar-refractivity contribution in [1.82, 2.24) is 24.1 Å². The van der Waals surface area contributed by atoms with Gasteiger partial charge >= 0.3 is 5.69 Å². The van der Waals surface area contributed by atoms with Crippen molar-refractivity contribution in [3.05, 3.63) is 27.3 Å². The number of fused-ring (bicyclic) bond motifs is 3. The van der Waals surface area contributed by atoms with Gasteiger partial charge in [-0.3, -0.25) is 4.79 Å². The van der Waals surface area contributed by atoms with Crippen LogP contribution in [0.5, 0.6) is 0 Å². The second-order valence-electron chi connectivity index (χ2n) is 7.27. The van der Waals surface area contributed by atoms with E-state index < -0.39 is 0 Å². The second-order valence-corrected chi connectivity index (χ2v) is 8.47. The van der Waals surface area contributed by atoms with E-state index in [1.165, 1.54) is 15.4 Å². The SMILES string of the molecule is Cc1sc2ncn3c(=O)n(CC(=O)N4C(C)CCCC4C)nc3c2c1C. The molecule has 0 aliphatic carbocycles. The van der Waals surface area contributed by atoms with Crippen LogP contribution in [0.1, 0.15) is 43.6 Å². The summed E-state index contributed by atoms with van der Waals surface area (Å²) in [5.41, 5.74) is 1.35. The van der Waals surface area contributed by atoms with Gasteiger partial charge in [-0.2, -0.15) is 0 Å².